The number of nitrogens with zero attached hydrogens (tertiary/aromatic N) is 2. The quantitative estimate of drug-likeness (QED) is 0.275. The standard InChI is InChI=1S/C30H28ClN3O5/c1-4-16-39-30(38)20-12-14-23(15-13-20)34-28(36)25(31)26(29(34)37)32-22-10-7-9-21(18-22)27(35)33(5-2)24-11-6-8-19(3)17-24/h6-15,17-18,32H,4-5,16H2,1-3H3. The Kier molecular flexibility index (Phi) is 8.46. The summed E-state index contributed by atoms with van der Waals surface area (Å²) in [4.78, 5) is 54.1. The second kappa shape index (κ2) is 12.0. The van der Waals surface area contributed by atoms with Crippen molar-refractivity contribution in [3.63, 3.8) is 0 Å². The Bertz CT molecular complexity index is 1470. The number of hydrogen-bond donors (Lipinski definition) is 1. The molecule has 0 aliphatic carbocycles. The third kappa shape index (κ3) is 5.86. The highest BCUT2D eigenvalue weighted by Gasteiger charge is 2.39. The Hall–Kier alpha value is -4.43. The summed E-state index contributed by atoms with van der Waals surface area (Å²) < 4.78 is 5.11. The summed E-state index contributed by atoms with van der Waals surface area (Å²) in [7, 11) is 0. The lowest BCUT2D eigenvalue weighted by molar-refractivity contribution is -0.120. The van der Waals surface area contributed by atoms with E-state index in [1.54, 1.807) is 29.2 Å². The van der Waals surface area contributed by atoms with Gasteiger partial charge in [0.1, 0.15) is 10.7 Å². The number of esters is 1. The average molecular weight is 546 g/mol. The third-order valence-electron chi connectivity index (χ3n) is 6.08. The minimum absolute atomic E-state index is 0.108. The van der Waals surface area contributed by atoms with E-state index in [0.717, 1.165) is 16.2 Å². The highest BCUT2D eigenvalue weighted by Crippen LogP contribution is 2.31. The van der Waals surface area contributed by atoms with Gasteiger partial charge in [0.05, 0.1) is 17.9 Å². The number of halogens is 1. The van der Waals surface area contributed by atoms with Crippen LogP contribution in [0.1, 0.15) is 46.5 Å². The van der Waals surface area contributed by atoms with E-state index >= 15 is 0 Å². The first-order valence-electron chi connectivity index (χ1n) is 12.6. The lowest BCUT2D eigenvalue weighted by Gasteiger charge is -2.22. The van der Waals surface area contributed by atoms with Crippen LogP contribution in [0.4, 0.5) is 17.1 Å². The van der Waals surface area contributed by atoms with Crippen molar-refractivity contribution in [2.75, 3.05) is 28.3 Å². The number of imide groups is 1. The van der Waals surface area contributed by atoms with Gasteiger partial charge in [-0.3, -0.25) is 14.4 Å². The molecule has 3 aromatic rings. The van der Waals surface area contributed by atoms with Crippen LogP contribution in [0.2, 0.25) is 0 Å². The van der Waals surface area contributed by atoms with Crippen LogP contribution in [-0.4, -0.2) is 36.8 Å². The second-order valence-corrected chi connectivity index (χ2v) is 9.29. The number of ether oxygens (including phenoxy) is 1. The summed E-state index contributed by atoms with van der Waals surface area (Å²) in [6.45, 7) is 6.51. The van der Waals surface area contributed by atoms with Gasteiger partial charge in [0.15, 0.2) is 0 Å². The molecule has 0 radical (unpaired) electrons. The Morgan fingerprint density at radius 1 is 0.923 bits per heavy atom. The van der Waals surface area contributed by atoms with E-state index in [0.29, 0.717) is 36.4 Å². The molecule has 3 aromatic carbocycles. The Labute approximate surface area is 231 Å². The first kappa shape index (κ1) is 27.6. The number of aryl methyl sites for hydroxylation is 1. The summed E-state index contributed by atoms with van der Waals surface area (Å²) >= 11 is 6.28. The van der Waals surface area contributed by atoms with E-state index in [-0.39, 0.29) is 22.3 Å². The lowest BCUT2D eigenvalue weighted by Crippen LogP contribution is -2.32. The molecule has 0 bridgehead atoms. The molecule has 0 saturated heterocycles. The monoisotopic (exact) mass is 545 g/mol. The smallest absolute Gasteiger partial charge is 0.338 e. The maximum Gasteiger partial charge on any atom is 0.338 e. The SMILES string of the molecule is CCCOC(=O)c1ccc(N2C(=O)C(Cl)=C(Nc3cccc(C(=O)N(CC)c4cccc(C)c4)c3)C2=O)cc1. The van der Waals surface area contributed by atoms with E-state index in [9.17, 15) is 19.2 Å². The van der Waals surface area contributed by atoms with Crippen LogP contribution in [0.5, 0.6) is 0 Å². The summed E-state index contributed by atoms with van der Waals surface area (Å²) in [5, 5.41) is 2.64. The maximum atomic E-state index is 13.3. The van der Waals surface area contributed by atoms with E-state index in [1.807, 2.05) is 45.0 Å². The van der Waals surface area contributed by atoms with Crippen LogP contribution in [0.15, 0.2) is 83.5 Å². The van der Waals surface area contributed by atoms with Crippen LogP contribution in [0, 0.1) is 6.92 Å². The summed E-state index contributed by atoms with van der Waals surface area (Å²) in [6, 6.07) is 20.2. The number of amides is 3. The zero-order valence-electron chi connectivity index (χ0n) is 21.9. The summed E-state index contributed by atoms with van der Waals surface area (Å²) in [6.07, 6.45) is 0.696. The molecule has 1 aliphatic heterocycles. The van der Waals surface area contributed by atoms with Crippen molar-refractivity contribution in [3.8, 4) is 0 Å². The first-order valence-corrected chi connectivity index (χ1v) is 12.9. The molecule has 0 saturated carbocycles. The minimum Gasteiger partial charge on any atom is -0.462 e. The average Bonchev–Trinajstić information content (AvgIpc) is 3.15. The minimum atomic E-state index is -0.700. The molecule has 0 aromatic heterocycles. The molecule has 39 heavy (non-hydrogen) atoms. The number of anilines is 3. The van der Waals surface area contributed by atoms with Gasteiger partial charge >= 0.3 is 5.97 Å². The van der Waals surface area contributed by atoms with Crippen LogP contribution in [-0.2, 0) is 14.3 Å². The van der Waals surface area contributed by atoms with Crippen LogP contribution in [0.3, 0.4) is 0 Å². The number of benzene rings is 3. The van der Waals surface area contributed by atoms with Gasteiger partial charge in [-0.2, -0.15) is 0 Å². The van der Waals surface area contributed by atoms with Crippen molar-refractivity contribution in [1.82, 2.24) is 0 Å². The highest BCUT2D eigenvalue weighted by molar-refractivity contribution is 6.53. The summed E-state index contributed by atoms with van der Waals surface area (Å²) in [5.74, 6) is -2.05. The van der Waals surface area contributed by atoms with Crippen molar-refractivity contribution in [2.45, 2.75) is 27.2 Å². The largest absolute Gasteiger partial charge is 0.462 e. The molecule has 1 aliphatic rings. The maximum absolute atomic E-state index is 13.3. The van der Waals surface area contributed by atoms with E-state index in [4.69, 9.17) is 16.3 Å². The summed E-state index contributed by atoms with van der Waals surface area (Å²) in [5.41, 5.74) is 3.10. The molecule has 0 fully saturated rings. The molecule has 0 atom stereocenters. The van der Waals surface area contributed by atoms with Crippen LogP contribution >= 0.6 is 11.6 Å². The number of carbonyl (C=O) groups is 4. The van der Waals surface area contributed by atoms with Crippen molar-refractivity contribution in [3.05, 3.63) is 100 Å². The van der Waals surface area contributed by atoms with E-state index < -0.39 is 17.8 Å². The zero-order chi connectivity index (χ0) is 28.1. The molecule has 0 unspecified atom stereocenters. The first-order chi connectivity index (χ1) is 18.7. The van der Waals surface area contributed by atoms with E-state index in [1.165, 1.54) is 24.3 Å². The lowest BCUT2D eigenvalue weighted by atomic mass is 10.1. The molecule has 1 heterocycles. The predicted octanol–water partition coefficient (Wildman–Crippen LogP) is 5.66. The van der Waals surface area contributed by atoms with Crippen LogP contribution in [0.25, 0.3) is 0 Å². The van der Waals surface area contributed by atoms with Crippen molar-refractivity contribution >= 4 is 52.4 Å². The second-order valence-electron chi connectivity index (χ2n) is 8.91. The zero-order valence-corrected chi connectivity index (χ0v) is 22.6. The number of rotatable bonds is 9. The molecule has 9 heteroatoms. The predicted molar refractivity (Wildman–Crippen MR) is 151 cm³/mol. The Balaban J connectivity index is 1.52. The Morgan fingerprint density at radius 3 is 2.31 bits per heavy atom. The molecule has 1 N–H and O–H groups in total. The van der Waals surface area contributed by atoms with Crippen molar-refractivity contribution in [1.29, 1.82) is 0 Å². The molecule has 4 rings (SSSR count). The fourth-order valence-electron chi connectivity index (χ4n) is 4.14. The van der Waals surface area contributed by atoms with Gasteiger partial charge in [0.25, 0.3) is 17.7 Å². The fourth-order valence-corrected chi connectivity index (χ4v) is 4.35. The van der Waals surface area contributed by atoms with Gasteiger partial charge in [-0.25, -0.2) is 9.69 Å². The molecular weight excluding hydrogens is 518 g/mol. The van der Waals surface area contributed by atoms with Gasteiger partial charge in [0, 0.05) is 23.5 Å². The molecule has 8 nitrogen and oxygen atoms in total. The van der Waals surface area contributed by atoms with Crippen LogP contribution < -0.4 is 15.1 Å². The number of carbonyl (C=O) groups excluding carboxylic acids is 4. The van der Waals surface area contributed by atoms with Gasteiger partial charge in [-0.1, -0.05) is 36.7 Å². The van der Waals surface area contributed by atoms with Gasteiger partial charge in [-0.15, -0.1) is 0 Å². The van der Waals surface area contributed by atoms with Gasteiger partial charge in [-0.05, 0) is 80.4 Å². The Morgan fingerprint density at radius 2 is 1.64 bits per heavy atom. The third-order valence-corrected chi connectivity index (χ3v) is 6.43. The molecule has 3 amide bonds. The number of hydrogen-bond acceptors (Lipinski definition) is 6. The van der Waals surface area contributed by atoms with Crippen molar-refractivity contribution in [2.24, 2.45) is 0 Å². The fraction of sp³-hybridized carbons (Fsp3) is 0.200. The van der Waals surface area contributed by atoms with Gasteiger partial charge < -0.3 is 15.0 Å². The van der Waals surface area contributed by atoms with Gasteiger partial charge in [0.2, 0.25) is 0 Å². The topological polar surface area (TPSA) is 96.0 Å². The van der Waals surface area contributed by atoms with E-state index in [2.05, 4.69) is 5.32 Å². The molecule has 0 spiro atoms. The molecule has 200 valence electrons. The normalized spacial score (nSPS) is 13.1. The van der Waals surface area contributed by atoms with Crippen molar-refractivity contribution < 1.29 is 23.9 Å². The highest BCUT2D eigenvalue weighted by atomic mass is 35.5. The number of nitrogens with one attached hydrogen (secondary N) is 1. The molecular formula is C30H28ClN3O5.